The summed E-state index contributed by atoms with van der Waals surface area (Å²) in [7, 11) is 0. The molecule has 7 nitrogen and oxygen atoms in total. The Kier molecular flexibility index (Phi) is 7.83. The molecule has 0 aromatic heterocycles. The van der Waals surface area contributed by atoms with Crippen LogP contribution >= 0.6 is 0 Å². The highest BCUT2D eigenvalue weighted by molar-refractivity contribution is 6.35. The minimum absolute atomic E-state index is 0.319. The average Bonchev–Trinajstić information content (AvgIpc) is 2.84. The van der Waals surface area contributed by atoms with E-state index in [9.17, 15) is 19.2 Å². The lowest BCUT2D eigenvalue weighted by Gasteiger charge is -2.31. The van der Waals surface area contributed by atoms with Gasteiger partial charge in [0.1, 0.15) is 0 Å². The number of nitrogens with one attached hydrogen (secondary N) is 2. The van der Waals surface area contributed by atoms with Crippen molar-refractivity contribution in [1.29, 1.82) is 0 Å². The Bertz CT molecular complexity index is 1160. The monoisotopic (exact) mass is 477 g/mol. The Morgan fingerprint density at radius 3 is 1.66 bits per heavy atom. The molecular formula is C28H35N3O4. The molecule has 4 amide bonds. The number of carbonyl (C=O) groups is 4. The number of carbonyl (C=O) groups excluding carboxylic acids is 4. The third-order valence-electron chi connectivity index (χ3n) is 7.08. The van der Waals surface area contributed by atoms with Gasteiger partial charge in [-0.15, -0.1) is 0 Å². The van der Waals surface area contributed by atoms with Gasteiger partial charge in [0, 0.05) is 35.0 Å². The Morgan fingerprint density at radius 2 is 1.09 bits per heavy atom. The lowest BCUT2D eigenvalue weighted by Crippen LogP contribution is -2.40. The summed E-state index contributed by atoms with van der Waals surface area (Å²) in [6, 6.07) is 4.88. The number of rotatable bonds is 13. The Balaban J connectivity index is 1.79. The molecule has 2 aromatic rings. The molecule has 186 valence electrons. The van der Waals surface area contributed by atoms with Gasteiger partial charge < -0.3 is 4.90 Å². The number of unbranched alkanes of at least 4 members (excludes halogenated alkanes) is 8. The van der Waals surface area contributed by atoms with Crippen molar-refractivity contribution in [2.45, 2.75) is 78.1 Å². The standard InChI is InChI=1S/C28H35N3O4/c1-3-5-7-9-11-15-31(16-12-10-8-6-4-2)21-17-20-22-18(25(32)29-27(20)34)13-14-19-23(22)24(21)28(35)30-26(19)33/h13-14,17H,3-12,15-16H2,1-2H3,(H,29,32,34)(H,30,33,35). The van der Waals surface area contributed by atoms with E-state index in [2.05, 4.69) is 29.4 Å². The van der Waals surface area contributed by atoms with Crippen LogP contribution in [0.2, 0.25) is 0 Å². The molecule has 2 N–H and O–H groups in total. The molecule has 0 saturated carbocycles. The zero-order valence-corrected chi connectivity index (χ0v) is 20.8. The molecule has 0 atom stereocenters. The Morgan fingerprint density at radius 1 is 0.600 bits per heavy atom. The molecular weight excluding hydrogens is 442 g/mol. The van der Waals surface area contributed by atoms with Gasteiger partial charge >= 0.3 is 0 Å². The van der Waals surface area contributed by atoms with Crippen molar-refractivity contribution in [3.63, 3.8) is 0 Å². The second kappa shape index (κ2) is 11.0. The van der Waals surface area contributed by atoms with E-state index in [0.29, 0.717) is 38.7 Å². The number of anilines is 1. The van der Waals surface area contributed by atoms with Crippen molar-refractivity contribution >= 4 is 40.1 Å². The summed E-state index contributed by atoms with van der Waals surface area (Å²) in [6.45, 7) is 5.92. The van der Waals surface area contributed by atoms with E-state index >= 15 is 0 Å². The van der Waals surface area contributed by atoms with Crippen molar-refractivity contribution in [1.82, 2.24) is 10.6 Å². The highest BCUT2D eigenvalue weighted by Gasteiger charge is 2.36. The van der Waals surface area contributed by atoms with Gasteiger partial charge in [-0.1, -0.05) is 65.2 Å². The van der Waals surface area contributed by atoms with Crippen molar-refractivity contribution < 1.29 is 19.2 Å². The molecule has 0 fully saturated rings. The first-order valence-corrected chi connectivity index (χ1v) is 13.1. The smallest absolute Gasteiger partial charge is 0.260 e. The number of amides is 4. The van der Waals surface area contributed by atoms with Crippen molar-refractivity contribution in [3.05, 3.63) is 40.5 Å². The van der Waals surface area contributed by atoms with Gasteiger partial charge in [0.15, 0.2) is 0 Å². The first kappa shape index (κ1) is 24.9. The topological polar surface area (TPSA) is 95.6 Å². The minimum atomic E-state index is -0.505. The maximum Gasteiger partial charge on any atom is 0.260 e. The summed E-state index contributed by atoms with van der Waals surface area (Å²) >= 11 is 0. The summed E-state index contributed by atoms with van der Waals surface area (Å²) in [5.41, 5.74) is 2.06. The molecule has 0 aliphatic carbocycles. The van der Waals surface area contributed by atoms with Crippen LogP contribution in [0.15, 0.2) is 18.2 Å². The molecule has 2 heterocycles. The second-order valence-electron chi connectivity index (χ2n) is 9.61. The number of nitrogens with zero attached hydrogens (tertiary/aromatic N) is 1. The molecule has 0 spiro atoms. The molecule has 0 bridgehead atoms. The highest BCUT2D eigenvalue weighted by atomic mass is 16.2. The van der Waals surface area contributed by atoms with Crippen LogP contribution in [0.4, 0.5) is 5.69 Å². The van der Waals surface area contributed by atoms with E-state index in [1.165, 1.54) is 38.5 Å². The highest BCUT2D eigenvalue weighted by Crippen LogP contribution is 2.39. The van der Waals surface area contributed by atoms with Gasteiger partial charge in [-0.3, -0.25) is 29.8 Å². The van der Waals surface area contributed by atoms with Crippen LogP contribution in [0.1, 0.15) is 119 Å². The van der Waals surface area contributed by atoms with Crippen molar-refractivity contribution in [3.8, 4) is 0 Å². The maximum absolute atomic E-state index is 13.2. The van der Waals surface area contributed by atoms with Gasteiger partial charge in [0.2, 0.25) is 0 Å². The fourth-order valence-electron chi connectivity index (χ4n) is 5.22. The van der Waals surface area contributed by atoms with Crippen LogP contribution in [-0.2, 0) is 0 Å². The minimum Gasteiger partial charge on any atom is -0.371 e. The normalized spacial score (nSPS) is 14.3. The molecule has 2 aliphatic rings. The van der Waals surface area contributed by atoms with Crippen LogP contribution in [0.5, 0.6) is 0 Å². The van der Waals surface area contributed by atoms with E-state index in [1.54, 1.807) is 18.2 Å². The number of hydrogen-bond acceptors (Lipinski definition) is 5. The number of imide groups is 2. The third kappa shape index (κ3) is 4.95. The predicted octanol–water partition coefficient (Wildman–Crippen LogP) is 5.35. The van der Waals surface area contributed by atoms with E-state index < -0.39 is 23.6 Å². The molecule has 0 saturated heterocycles. The van der Waals surface area contributed by atoms with E-state index in [0.717, 1.165) is 38.8 Å². The zero-order chi connectivity index (χ0) is 24.9. The number of hydrogen-bond donors (Lipinski definition) is 2. The fourth-order valence-corrected chi connectivity index (χ4v) is 5.22. The largest absolute Gasteiger partial charge is 0.371 e. The summed E-state index contributed by atoms with van der Waals surface area (Å²) in [4.78, 5) is 53.5. The lowest BCUT2D eigenvalue weighted by atomic mass is 9.85. The van der Waals surface area contributed by atoms with Crippen molar-refractivity contribution in [2.75, 3.05) is 18.0 Å². The molecule has 0 unspecified atom stereocenters. The molecule has 0 radical (unpaired) electrons. The molecule has 2 aliphatic heterocycles. The van der Waals surface area contributed by atoms with E-state index in [-0.39, 0.29) is 0 Å². The molecule has 7 heteroatoms. The van der Waals surface area contributed by atoms with Gasteiger partial charge in [-0.25, -0.2) is 0 Å². The van der Waals surface area contributed by atoms with Gasteiger partial charge in [0.05, 0.1) is 16.8 Å². The average molecular weight is 478 g/mol. The van der Waals surface area contributed by atoms with Gasteiger partial charge in [0.25, 0.3) is 23.6 Å². The van der Waals surface area contributed by atoms with Crippen LogP contribution in [0.3, 0.4) is 0 Å². The third-order valence-corrected chi connectivity index (χ3v) is 7.08. The van der Waals surface area contributed by atoms with Crippen LogP contribution in [0, 0.1) is 0 Å². The Hall–Kier alpha value is -3.22. The van der Waals surface area contributed by atoms with Crippen LogP contribution in [-0.4, -0.2) is 36.7 Å². The fraction of sp³-hybridized carbons (Fsp3) is 0.500. The second-order valence-corrected chi connectivity index (χ2v) is 9.61. The molecule has 4 rings (SSSR count). The summed E-state index contributed by atoms with van der Waals surface area (Å²) in [6.07, 6.45) is 11.3. The van der Waals surface area contributed by atoms with Crippen LogP contribution in [0.25, 0.3) is 10.8 Å². The quantitative estimate of drug-likeness (QED) is 0.299. The summed E-state index contributed by atoms with van der Waals surface area (Å²) in [5, 5.41) is 5.71. The van der Waals surface area contributed by atoms with Gasteiger partial charge in [-0.2, -0.15) is 0 Å². The molecule has 2 aromatic carbocycles. The maximum atomic E-state index is 13.2. The predicted molar refractivity (Wildman–Crippen MR) is 137 cm³/mol. The van der Waals surface area contributed by atoms with E-state index in [1.807, 2.05) is 0 Å². The molecule has 35 heavy (non-hydrogen) atoms. The van der Waals surface area contributed by atoms with Gasteiger partial charge in [-0.05, 0) is 31.0 Å². The van der Waals surface area contributed by atoms with Crippen LogP contribution < -0.4 is 15.5 Å². The first-order valence-electron chi connectivity index (χ1n) is 13.1. The van der Waals surface area contributed by atoms with E-state index in [4.69, 9.17) is 0 Å². The number of benzene rings is 2. The lowest BCUT2D eigenvalue weighted by molar-refractivity contribution is 0.0823. The Labute approximate surface area is 206 Å². The SMILES string of the molecule is CCCCCCCN(CCCCCCC)c1cc2c3c(ccc4c3c1C(=O)NC4=O)C(=O)NC2=O. The first-order chi connectivity index (χ1) is 17.0. The van der Waals surface area contributed by atoms with Crippen molar-refractivity contribution in [2.24, 2.45) is 0 Å². The summed E-state index contributed by atoms with van der Waals surface area (Å²) in [5.74, 6) is -1.96. The zero-order valence-electron chi connectivity index (χ0n) is 20.8. The summed E-state index contributed by atoms with van der Waals surface area (Å²) < 4.78 is 0.